The van der Waals surface area contributed by atoms with Gasteiger partial charge in [-0.3, -0.25) is 9.59 Å². The van der Waals surface area contributed by atoms with Crippen molar-refractivity contribution < 1.29 is 14.3 Å². The van der Waals surface area contributed by atoms with E-state index in [1.165, 1.54) is 0 Å². The van der Waals surface area contributed by atoms with Crippen molar-refractivity contribution in [2.75, 3.05) is 6.54 Å². The molecule has 0 aromatic heterocycles. The van der Waals surface area contributed by atoms with Crippen LogP contribution in [0, 0.1) is 0 Å². The number of rotatable bonds is 14. The average molecular weight is 299 g/mol. The minimum Gasteiger partial charge on any atom is -0.462 e. The minimum absolute atomic E-state index is 0.0554. The minimum atomic E-state index is -0.0554. The fourth-order valence-corrected chi connectivity index (χ4v) is 2.37. The molecule has 0 saturated carbocycles. The number of nitrogens with two attached hydrogens (primary N) is 1. The molecule has 4 nitrogen and oxygen atoms in total. The summed E-state index contributed by atoms with van der Waals surface area (Å²) in [4.78, 5) is 22.8. The molecule has 0 aliphatic carbocycles. The number of hydrogen-bond donors (Lipinski definition) is 1. The third-order valence-electron chi connectivity index (χ3n) is 3.58. The predicted molar refractivity (Wildman–Crippen MR) is 86.1 cm³/mol. The van der Waals surface area contributed by atoms with Crippen molar-refractivity contribution in [3.05, 3.63) is 0 Å². The number of hydrogen-bond acceptors (Lipinski definition) is 4. The van der Waals surface area contributed by atoms with Gasteiger partial charge in [0.1, 0.15) is 11.9 Å². The van der Waals surface area contributed by atoms with Gasteiger partial charge in [-0.15, -0.1) is 0 Å². The molecule has 0 aliphatic rings. The van der Waals surface area contributed by atoms with Crippen LogP contribution in [0.4, 0.5) is 0 Å². The molecule has 0 aromatic rings. The summed E-state index contributed by atoms with van der Waals surface area (Å²) >= 11 is 0. The van der Waals surface area contributed by atoms with Crippen LogP contribution in [0.3, 0.4) is 0 Å². The SMILES string of the molecule is CCCC(CCC)OC(=O)CCCCCCCC(=O)CN. The highest BCUT2D eigenvalue weighted by molar-refractivity contribution is 5.80. The first kappa shape index (κ1) is 20.1. The van der Waals surface area contributed by atoms with Gasteiger partial charge in [0.25, 0.3) is 0 Å². The van der Waals surface area contributed by atoms with E-state index in [9.17, 15) is 9.59 Å². The number of carbonyl (C=O) groups is 2. The standard InChI is InChI=1S/C17H33NO3/c1-3-10-16(11-4-2)21-17(20)13-9-7-5-6-8-12-15(19)14-18/h16H,3-14,18H2,1-2H3. The molecule has 21 heavy (non-hydrogen) atoms. The van der Waals surface area contributed by atoms with Crippen molar-refractivity contribution in [2.45, 2.75) is 90.6 Å². The van der Waals surface area contributed by atoms with E-state index in [0.717, 1.165) is 57.8 Å². The van der Waals surface area contributed by atoms with Crippen LogP contribution in [0.2, 0.25) is 0 Å². The van der Waals surface area contributed by atoms with Crippen molar-refractivity contribution in [3.8, 4) is 0 Å². The first-order valence-electron chi connectivity index (χ1n) is 8.55. The molecule has 4 heteroatoms. The first-order valence-corrected chi connectivity index (χ1v) is 8.55. The average Bonchev–Trinajstić information content (AvgIpc) is 2.46. The van der Waals surface area contributed by atoms with E-state index in [-0.39, 0.29) is 24.4 Å². The van der Waals surface area contributed by atoms with Gasteiger partial charge in [-0.25, -0.2) is 0 Å². The van der Waals surface area contributed by atoms with Crippen molar-refractivity contribution in [3.63, 3.8) is 0 Å². The van der Waals surface area contributed by atoms with Gasteiger partial charge in [-0.05, 0) is 25.7 Å². The van der Waals surface area contributed by atoms with E-state index in [0.29, 0.717) is 12.8 Å². The molecule has 0 radical (unpaired) electrons. The molecular formula is C17H33NO3. The van der Waals surface area contributed by atoms with Gasteiger partial charge in [0.15, 0.2) is 0 Å². The zero-order chi connectivity index (χ0) is 15.9. The van der Waals surface area contributed by atoms with Gasteiger partial charge in [-0.1, -0.05) is 46.0 Å². The van der Waals surface area contributed by atoms with Crippen LogP contribution in [0.25, 0.3) is 0 Å². The molecule has 0 fully saturated rings. The molecule has 2 N–H and O–H groups in total. The Hall–Kier alpha value is -0.900. The molecule has 0 aliphatic heterocycles. The summed E-state index contributed by atoms with van der Waals surface area (Å²) in [5.41, 5.74) is 5.25. The maximum atomic E-state index is 11.7. The fourth-order valence-electron chi connectivity index (χ4n) is 2.37. The highest BCUT2D eigenvalue weighted by Crippen LogP contribution is 2.12. The zero-order valence-corrected chi connectivity index (χ0v) is 13.9. The molecule has 0 atom stereocenters. The van der Waals surface area contributed by atoms with Crippen LogP contribution < -0.4 is 5.73 Å². The van der Waals surface area contributed by atoms with Crippen LogP contribution in [-0.2, 0) is 14.3 Å². The smallest absolute Gasteiger partial charge is 0.306 e. The summed E-state index contributed by atoms with van der Waals surface area (Å²) < 4.78 is 5.51. The molecular weight excluding hydrogens is 266 g/mol. The lowest BCUT2D eigenvalue weighted by Gasteiger charge is -2.16. The van der Waals surface area contributed by atoms with Gasteiger partial charge in [0.2, 0.25) is 0 Å². The summed E-state index contributed by atoms with van der Waals surface area (Å²) in [7, 11) is 0. The van der Waals surface area contributed by atoms with Gasteiger partial charge in [0, 0.05) is 12.8 Å². The van der Waals surface area contributed by atoms with Crippen LogP contribution in [-0.4, -0.2) is 24.4 Å². The molecule has 0 unspecified atom stereocenters. The molecule has 0 saturated heterocycles. The van der Waals surface area contributed by atoms with Gasteiger partial charge in [-0.2, -0.15) is 0 Å². The van der Waals surface area contributed by atoms with E-state index in [1.807, 2.05) is 0 Å². The van der Waals surface area contributed by atoms with E-state index >= 15 is 0 Å². The first-order chi connectivity index (χ1) is 10.1. The van der Waals surface area contributed by atoms with E-state index in [2.05, 4.69) is 13.8 Å². The number of ether oxygens (including phenoxy) is 1. The summed E-state index contributed by atoms with van der Waals surface area (Å²) in [6.07, 6.45) is 10.2. The fraction of sp³-hybridized carbons (Fsp3) is 0.882. The lowest BCUT2D eigenvalue weighted by atomic mass is 10.1. The third-order valence-corrected chi connectivity index (χ3v) is 3.58. The Morgan fingerprint density at radius 2 is 1.43 bits per heavy atom. The number of Topliss-reactive ketones (excluding diaryl/α,β-unsaturated/α-hetero) is 1. The molecule has 0 bridgehead atoms. The second kappa shape index (κ2) is 14.1. The van der Waals surface area contributed by atoms with Crippen molar-refractivity contribution in [1.29, 1.82) is 0 Å². The number of carbonyl (C=O) groups excluding carboxylic acids is 2. The Morgan fingerprint density at radius 3 is 1.95 bits per heavy atom. The molecule has 0 rings (SSSR count). The van der Waals surface area contributed by atoms with Crippen LogP contribution >= 0.6 is 0 Å². The topological polar surface area (TPSA) is 69.4 Å². The second-order valence-corrected chi connectivity index (χ2v) is 5.70. The molecule has 0 spiro atoms. The van der Waals surface area contributed by atoms with Gasteiger partial charge < -0.3 is 10.5 Å². The Labute approximate surface area is 129 Å². The molecule has 0 amide bonds. The maximum Gasteiger partial charge on any atom is 0.306 e. The summed E-state index contributed by atoms with van der Waals surface area (Å²) in [5.74, 6) is 0.0803. The Balaban J connectivity index is 3.54. The zero-order valence-electron chi connectivity index (χ0n) is 13.9. The van der Waals surface area contributed by atoms with Gasteiger partial charge >= 0.3 is 5.97 Å². The molecule has 0 heterocycles. The largest absolute Gasteiger partial charge is 0.462 e. The van der Waals surface area contributed by atoms with E-state index < -0.39 is 0 Å². The Bertz CT molecular complexity index is 273. The quantitative estimate of drug-likeness (QED) is 0.392. The molecule has 0 aromatic carbocycles. The van der Waals surface area contributed by atoms with Crippen molar-refractivity contribution in [2.24, 2.45) is 5.73 Å². The second-order valence-electron chi connectivity index (χ2n) is 5.70. The third kappa shape index (κ3) is 12.5. The normalized spacial score (nSPS) is 10.9. The number of esters is 1. The van der Waals surface area contributed by atoms with Crippen LogP contribution in [0.15, 0.2) is 0 Å². The highest BCUT2D eigenvalue weighted by Gasteiger charge is 2.12. The van der Waals surface area contributed by atoms with Crippen LogP contribution in [0.1, 0.15) is 84.5 Å². The maximum absolute atomic E-state index is 11.7. The van der Waals surface area contributed by atoms with E-state index in [1.54, 1.807) is 0 Å². The lowest BCUT2D eigenvalue weighted by molar-refractivity contribution is -0.149. The molecule has 124 valence electrons. The number of ketones is 1. The van der Waals surface area contributed by atoms with E-state index in [4.69, 9.17) is 10.5 Å². The van der Waals surface area contributed by atoms with Crippen molar-refractivity contribution in [1.82, 2.24) is 0 Å². The summed E-state index contributed by atoms with van der Waals surface area (Å²) in [6, 6.07) is 0. The van der Waals surface area contributed by atoms with Crippen LogP contribution in [0.5, 0.6) is 0 Å². The highest BCUT2D eigenvalue weighted by atomic mass is 16.5. The van der Waals surface area contributed by atoms with Gasteiger partial charge in [0.05, 0.1) is 6.54 Å². The predicted octanol–water partition coefficient (Wildman–Crippen LogP) is 3.76. The Kier molecular flexibility index (Phi) is 13.5. The summed E-state index contributed by atoms with van der Waals surface area (Å²) in [6.45, 7) is 4.39. The summed E-state index contributed by atoms with van der Waals surface area (Å²) in [5, 5.41) is 0. The number of unbranched alkanes of at least 4 members (excludes halogenated alkanes) is 4. The van der Waals surface area contributed by atoms with Crippen molar-refractivity contribution >= 4 is 11.8 Å². The lowest BCUT2D eigenvalue weighted by Crippen LogP contribution is -2.17. The monoisotopic (exact) mass is 299 g/mol. The Morgan fingerprint density at radius 1 is 0.905 bits per heavy atom.